The second-order valence-corrected chi connectivity index (χ2v) is 11.7. The first kappa shape index (κ1) is 24.8. The zero-order valence-electron chi connectivity index (χ0n) is 21.7. The number of nitrogens with one attached hydrogen (secondary N) is 1. The van der Waals surface area contributed by atoms with Crippen molar-refractivity contribution in [2.24, 2.45) is 0 Å². The molecular weight excluding hydrogens is 496 g/mol. The molecule has 4 aromatic rings. The lowest BCUT2D eigenvalue weighted by molar-refractivity contribution is 0.0783. The van der Waals surface area contributed by atoms with Gasteiger partial charge in [0.1, 0.15) is 23.3 Å². The van der Waals surface area contributed by atoms with E-state index in [9.17, 15) is 9.90 Å². The Hall–Kier alpha value is -3.49. The number of carbonyl (C=O) groups is 1. The van der Waals surface area contributed by atoms with Gasteiger partial charge < -0.3 is 15.2 Å². The molecule has 0 bridgehead atoms. The molecule has 0 saturated heterocycles. The molecule has 7 nitrogen and oxygen atoms in total. The van der Waals surface area contributed by atoms with Gasteiger partial charge >= 0.3 is 6.09 Å². The van der Waals surface area contributed by atoms with Crippen LogP contribution in [0.5, 0.6) is 0 Å². The van der Waals surface area contributed by atoms with Crippen LogP contribution in [0.3, 0.4) is 0 Å². The number of alkyl carbamates (subject to hydrolysis) is 1. The summed E-state index contributed by atoms with van der Waals surface area (Å²) in [7, 11) is 0. The first-order chi connectivity index (χ1) is 18.4. The van der Waals surface area contributed by atoms with Crippen molar-refractivity contribution in [3.63, 3.8) is 0 Å². The minimum Gasteiger partial charge on any atom is -0.445 e. The Morgan fingerprint density at radius 1 is 1.11 bits per heavy atom. The zero-order valence-corrected chi connectivity index (χ0v) is 22.6. The van der Waals surface area contributed by atoms with Crippen LogP contribution in [0.1, 0.15) is 76.1 Å². The molecular formula is C30H32N4O3S. The van der Waals surface area contributed by atoms with E-state index < -0.39 is 17.7 Å². The van der Waals surface area contributed by atoms with Gasteiger partial charge in [-0.05, 0) is 86.3 Å². The van der Waals surface area contributed by atoms with Crippen LogP contribution in [0.15, 0.2) is 54.9 Å². The maximum absolute atomic E-state index is 12.9. The number of aryl methyl sites for hydroxylation is 2. The third-order valence-corrected chi connectivity index (χ3v) is 8.76. The van der Waals surface area contributed by atoms with Gasteiger partial charge in [0.15, 0.2) is 0 Å². The lowest BCUT2D eigenvalue weighted by Crippen LogP contribution is -2.29. The van der Waals surface area contributed by atoms with Crippen molar-refractivity contribution in [3.8, 4) is 5.69 Å². The predicted octanol–water partition coefficient (Wildman–Crippen LogP) is 5.55. The predicted molar refractivity (Wildman–Crippen MR) is 147 cm³/mol. The van der Waals surface area contributed by atoms with Crippen LogP contribution in [0.2, 0.25) is 0 Å². The molecule has 6 rings (SSSR count). The summed E-state index contributed by atoms with van der Waals surface area (Å²) in [5.74, 6) is 0. The smallest absolute Gasteiger partial charge is 0.408 e. The summed E-state index contributed by atoms with van der Waals surface area (Å²) in [6.07, 6.45) is 9.93. The number of amides is 1. The maximum Gasteiger partial charge on any atom is 0.408 e. The number of benzene rings is 2. The van der Waals surface area contributed by atoms with E-state index >= 15 is 0 Å². The normalized spacial score (nSPS) is 15.2. The number of hydrogen-bond acceptors (Lipinski definition) is 6. The van der Waals surface area contributed by atoms with Gasteiger partial charge in [0.2, 0.25) is 0 Å². The van der Waals surface area contributed by atoms with Crippen LogP contribution >= 0.6 is 11.3 Å². The third kappa shape index (κ3) is 4.86. The van der Waals surface area contributed by atoms with E-state index in [1.54, 1.807) is 20.0 Å². The van der Waals surface area contributed by atoms with Crippen molar-refractivity contribution in [1.82, 2.24) is 20.1 Å². The average molecular weight is 529 g/mol. The number of nitrogens with zero attached hydrogens (tertiary/aromatic N) is 3. The summed E-state index contributed by atoms with van der Waals surface area (Å²) in [4.78, 5) is 18.1. The van der Waals surface area contributed by atoms with Crippen molar-refractivity contribution in [2.75, 3.05) is 0 Å². The number of carbonyl (C=O) groups excluding carboxylic acids is 1. The molecule has 2 aromatic carbocycles. The van der Waals surface area contributed by atoms with E-state index in [4.69, 9.17) is 9.84 Å². The molecule has 38 heavy (non-hydrogen) atoms. The van der Waals surface area contributed by atoms with E-state index in [1.165, 1.54) is 52.1 Å². The fourth-order valence-electron chi connectivity index (χ4n) is 5.56. The average Bonchev–Trinajstić information content (AvgIpc) is 3.71. The molecule has 0 fully saturated rings. The van der Waals surface area contributed by atoms with Gasteiger partial charge in [-0.25, -0.2) is 14.5 Å². The van der Waals surface area contributed by atoms with Gasteiger partial charge in [0, 0.05) is 12.4 Å². The van der Waals surface area contributed by atoms with E-state index in [0.717, 1.165) is 36.1 Å². The van der Waals surface area contributed by atoms with Gasteiger partial charge in [-0.15, -0.1) is 11.3 Å². The lowest BCUT2D eigenvalue weighted by atomic mass is 9.99. The third-order valence-electron chi connectivity index (χ3n) is 7.38. The zero-order chi connectivity index (χ0) is 26.3. The highest BCUT2D eigenvalue weighted by atomic mass is 32.1. The molecule has 196 valence electrons. The Labute approximate surface area is 226 Å². The van der Waals surface area contributed by atoms with Crippen molar-refractivity contribution in [2.45, 2.75) is 70.6 Å². The van der Waals surface area contributed by atoms with E-state index in [-0.39, 0.29) is 6.61 Å². The van der Waals surface area contributed by atoms with Gasteiger partial charge in [-0.3, -0.25) is 0 Å². The number of fused-ring (bicyclic) bond motifs is 2. The Kier molecular flexibility index (Phi) is 6.53. The minimum atomic E-state index is -1.08. The lowest BCUT2D eigenvalue weighted by Gasteiger charge is -2.17. The molecule has 0 radical (unpaired) electrons. The topological polar surface area (TPSA) is 89.3 Å². The molecule has 2 aliphatic carbocycles. The maximum atomic E-state index is 12.9. The van der Waals surface area contributed by atoms with Gasteiger partial charge in [0.25, 0.3) is 0 Å². The summed E-state index contributed by atoms with van der Waals surface area (Å²) in [6, 6.07) is 13.4. The first-order valence-corrected chi connectivity index (χ1v) is 14.1. The number of thiazole rings is 1. The summed E-state index contributed by atoms with van der Waals surface area (Å²) in [6.45, 7) is 3.59. The van der Waals surface area contributed by atoms with E-state index in [1.807, 2.05) is 47.3 Å². The summed E-state index contributed by atoms with van der Waals surface area (Å²) in [5.41, 5.74) is 7.50. The number of ether oxygens (including phenoxy) is 1. The highest BCUT2D eigenvalue weighted by Gasteiger charge is 2.29. The van der Waals surface area contributed by atoms with Crippen molar-refractivity contribution in [1.29, 1.82) is 0 Å². The van der Waals surface area contributed by atoms with Crippen LogP contribution in [-0.2, 0) is 42.6 Å². The molecule has 2 N–H and O–H groups in total. The van der Waals surface area contributed by atoms with Crippen LogP contribution in [0, 0.1) is 0 Å². The van der Waals surface area contributed by atoms with Gasteiger partial charge in [0.05, 0.1) is 16.3 Å². The molecule has 1 atom stereocenters. The van der Waals surface area contributed by atoms with E-state index in [0.29, 0.717) is 10.7 Å². The van der Waals surface area contributed by atoms with Crippen LogP contribution in [0.4, 0.5) is 4.79 Å². The molecule has 0 spiro atoms. The molecule has 0 saturated carbocycles. The van der Waals surface area contributed by atoms with Crippen molar-refractivity contribution >= 4 is 17.4 Å². The highest BCUT2D eigenvalue weighted by molar-refractivity contribution is 7.11. The van der Waals surface area contributed by atoms with Crippen LogP contribution in [-0.4, -0.2) is 26.0 Å². The Balaban J connectivity index is 1.33. The first-order valence-electron chi connectivity index (χ1n) is 13.2. The summed E-state index contributed by atoms with van der Waals surface area (Å²) in [5, 5.41) is 19.1. The van der Waals surface area contributed by atoms with Crippen molar-refractivity contribution in [3.05, 3.63) is 98.3 Å². The Bertz CT molecular complexity index is 1440. The second kappa shape index (κ2) is 10.0. The molecule has 1 amide bonds. The standard InChI is InChI=1S/C30H32N4O3S/c1-30(2,36)28-31-17-25(38-28)26(32-29(35)37-18-19-8-4-3-5-9-19)24-14-15-34(33-24)27-22-12-6-10-20(22)16-21-11-7-13-23(21)27/h3-5,8-9,14-17,26,36H,6-7,10-13,18H2,1-2H3,(H,32,35). The Morgan fingerprint density at radius 2 is 1.82 bits per heavy atom. The number of rotatable bonds is 7. The SMILES string of the molecule is CC(C)(O)c1ncc(C(NC(=O)OCc2ccccc2)c2ccn(-c3c4c(cc5c3CCC5)CCC4)n2)s1. The molecule has 1 unspecified atom stereocenters. The monoisotopic (exact) mass is 528 g/mol. The summed E-state index contributed by atoms with van der Waals surface area (Å²) >= 11 is 1.36. The Morgan fingerprint density at radius 3 is 2.47 bits per heavy atom. The fourth-order valence-corrected chi connectivity index (χ4v) is 6.54. The van der Waals surface area contributed by atoms with Crippen LogP contribution < -0.4 is 5.32 Å². The number of aromatic nitrogens is 3. The molecule has 8 heteroatoms. The minimum absolute atomic E-state index is 0.174. The summed E-state index contributed by atoms with van der Waals surface area (Å²) < 4.78 is 7.54. The number of hydrogen-bond donors (Lipinski definition) is 2. The molecule has 2 heterocycles. The largest absolute Gasteiger partial charge is 0.445 e. The quantitative estimate of drug-likeness (QED) is 0.328. The van der Waals surface area contributed by atoms with Gasteiger partial charge in [-0.1, -0.05) is 36.4 Å². The van der Waals surface area contributed by atoms with Crippen molar-refractivity contribution < 1.29 is 14.6 Å². The van der Waals surface area contributed by atoms with E-state index in [2.05, 4.69) is 16.4 Å². The highest BCUT2D eigenvalue weighted by Crippen LogP contribution is 2.38. The molecule has 0 aliphatic heterocycles. The van der Waals surface area contributed by atoms with Gasteiger partial charge in [-0.2, -0.15) is 5.10 Å². The fraction of sp³-hybridized carbons (Fsp3) is 0.367. The number of aliphatic hydroxyl groups is 1. The molecule has 2 aliphatic rings. The van der Waals surface area contributed by atoms with Crippen LogP contribution in [0.25, 0.3) is 5.69 Å². The molecule has 2 aromatic heterocycles. The second-order valence-electron chi connectivity index (χ2n) is 10.7.